The van der Waals surface area contributed by atoms with Crippen molar-refractivity contribution in [2.45, 2.75) is 64.4 Å². The molecular formula is C16H25F3OSi. The molecule has 0 radical (unpaired) electrons. The van der Waals surface area contributed by atoms with Crippen molar-refractivity contribution >= 4 is 10.5 Å². The van der Waals surface area contributed by atoms with Gasteiger partial charge in [0.2, 0.25) is 0 Å². The van der Waals surface area contributed by atoms with Crippen molar-refractivity contribution in [3.63, 3.8) is 0 Å². The standard InChI is InChI=1S/C16H25F3OSi/c1-16(2,20-21)9-7-5-3-4-6-8-13-14(18)10-12(17)11-15(13)19/h10-11H,3-9H2,1-2,21H3. The van der Waals surface area contributed by atoms with E-state index in [1.165, 1.54) is 0 Å². The lowest BCUT2D eigenvalue weighted by Crippen LogP contribution is -2.22. The van der Waals surface area contributed by atoms with E-state index in [0.717, 1.165) is 61.1 Å². The van der Waals surface area contributed by atoms with Crippen LogP contribution in [-0.4, -0.2) is 16.1 Å². The largest absolute Gasteiger partial charge is 0.423 e. The molecular weight excluding hydrogens is 293 g/mol. The lowest BCUT2D eigenvalue weighted by atomic mass is 9.99. The molecule has 0 bridgehead atoms. The van der Waals surface area contributed by atoms with Crippen LogP contribution >= 0.6 is 0 Å². The first kappa shape index (κ1) is 18.2. The molecule has 0 spiro atoms. The number of hydrogen-bond acceptors (Lipinski definition) is 1. The van der Waals surface area contributed by atoms with E-state index in [1.54, 1.807) is 0 Å². The summed E-state index contributed by atoms with van der Waals surface area (Å²) in [4.78, 5) is 0. The molecule has 0 N–H and O–H groups in total. The topological polar surface area (TPSA) is 9.23 Å². The van der Waals surface area contributed by atoms with Gasteiger partial charge in [-0.1, -0.05) is 25.7 Å². The van der Waals surface area contributed by atoms with Gasteiger partial charge in [-0.2, -0.15) is 0 Å². The molecule has 0 aliphatic rings. The second-order valence-electron chi connectivity index (χ2n) is 6.08. The molecule has 0 heterocycles. The Bertz CT molecular complexity index is 426. The Labute approximate surface area is 128 Å². The van der Waals surface area contributed by atoms with Crippen LogP contribution < -0.4 is 0 Å². The molecule has 1 aromatic rings. The third-order valence-electron chi connectivity index (χ3n) is 3.86. The number of hydrogen-bond donors (Lipinski definition) is 0. The third kappa shape index (κ3) is 6.65. The van der Waals surface area contributed by atoms with Crippen molar-refractivity contribution in [3.05, 3.63) is 35.1 Å². The van der Waals surface area contributed by atoms with Gasteiger partial charge in [0.05, 0.1) is 0 Å². The smallest absolute Gasteiger partial charge is 0.146 e. The molecule has 21 heavy (non-hydrogen) atoms. The molecule has 0 aliphatic carbocycles. The zero-order valence-electron chi connectivity index (χ0n) is 13.1. The highest BCUT2D eigenvalue weighted by Crippen LogP contribution is 2.20. The quantitative estimate of drug-likeness (QED) is 0.493. The molecule has 120 valence electrons. The zero-order valence-corrected chi connectivity index (χ0v) is 15.1. The predicted octanol–water partition coefficient (Wildman–Crippen LogP) is 4.06. The molecule has 0 amide bonds. The SMILES string of the molecule is CC(C)(CCCCCCCc1c(F)cc(F)cc1F)O[SiH3]. The number of rotatable bonds is 9. The maximum Gasteiger partial charge on any atom is 0.146 e. The number of unbranched alkanes of at least 4 members (excludes halogenated alkanes) is 4. The fourth-order valence-electron chi connectivity index (χ4n) is 2.30. The van der Waals surface area contributed by atoms with Crippen molar-refractivity contribution in [2.75, 3.05) is 0 Å². The molecule has 1 aromatic carbocycles. The van der Waals surface area contributed by atoms with Crippen molar-refractivity contribution in [1.29, 1.82) is 0 Å². The van der Waals surface area contributed by atoms with Gasteiger partial charge in [0.25, 0.3) is 0 Å². The first-order valence-corrected chi connectivity index (χ1v) is 8.36. The first-order valence-electron chi connectivity index (χ1n) is 7.54. The minimum atomic E-state index is -0.863. The molecule has 0 atom stereocenters. The summed E-state index contributed by atoms with van der Waals surface area (Å²) in [6.07, 6.45) is 6.27. The first-order chi connectivity index (χ1) is 9.85. The highest BCUT2D eigenvalue weighted by molar-refractivity contribution is 5.98. The van der Waals surface area contributed by atoms with Gasteiger partial charge < -0.3 is 4.43 Å². The summed E-state index contributed by atoms with van der Waals surface area (Å²) in [7, 11) is 0.753. The second-order valence-corrected chi connectivity index (χ2v) is 6.49. The average molecular weight is 318 g/mol. The molecule has 1 nitrogen and oxygen atoms in total. The van der Waals surface area contributed by atoms with E-state index in [4.69, 9.17) is 4.43 Å². The van der Waals surface area contributed by atoms with Crippen LogP contribution in [0.2, 0.25) is 0 Å². The van der Waals surface area contributed by atoms with E-state index in [-0.39, 0.29) is 11.2 Å². The van der Waals surface area contributed by atoms with Crippen molar-refractivity contribution in [2.24, 2.45) is 0 Å². The maximum absolute atomic E-state index is 13.4. The van der Waals surface area contributed by atoms with Gasteiger partial charge in [-0.15, -0.1) is 0 Å². The lowest BCUT2D eigenvalue weighted by molar-refractivity contribution is 0.109. The summed E-state index contributed by atoms with van der Waals surface area (Å²) in [6, 6.07) is 1.49. The third-order valence-corrected chi connectivity index (χ3v) is 4.97. The fraction of sp³-hybridized carbons (Fsp3) is 0.625. The molecule has 0 saturated heterocycles. The van der Waals surface area contributed by atoms with E-state index in [9.17, 15) is 13.2 Å². The Morgan fingerprint density at radius 3 is 2.05 bits per heavy atom. The van der Waals surface area contributed by atoms with Gasteiger partial charge >= 0.3 is 0 Å². The van der Waals surface area contributed by atoms with Crippen molar-refractivity contribution in [1.82, 2.24) is 0 Å². The van der Waals surface area contributed by atoms with Crippen molar-refractivity contribution in [3.8, 4) is 0 Å². The molecule has 0 aromatic heterocycles. The van der Waals surface area contributed by atoms with Crippen LogP contribution in [0.15, 0.2) is 12.1 Å². The van der Waals surface area contributed by atoms with Gasteiger partial charge in [0.1, 0.15) is 27.9 Å². The molecule has 0 saturated carbocycles. The minimum absolute atomic E-state index is 0.00174. The van der Waals surface area contributed by atoms with E-state index in [1.807, 2.05) is 0 Å². The Morgan fingerprint density at radius 2 is 1.48 bits per heavy atom. The normalized spacial score (nSPS) is 12.0. The monoisotopic (exact) mass is 318 g/mol. The Hall–Kier alpha value is -0.813. The highest BCUT2D eigenvalue weighted by atomic mass is 28.2. The number of halogens is 3. The van der Waals surface area contributed by atoms with Crippen LogP contribution in [0.4, 0.5) is 13.2 Å². The van der Waals surface area contributed by atoms with E-state index in [2.05, 4.69) is 13.8 Å². The van der Waals surface area contributed by atoms with Gasteiger partial charge in [0, 0.05) is 23.3 Å². The molecule has 0 unspecified atom stereocenters. The Kier molecular flexibility index (Phi) is 7.46. The molecule has 5 heteroatoms. The summed E-state index contributed by atoms with van der Waals surface area (Å²) >= 11 is 0. The van der Waals surface area contributed by atoms with Gasteiger partial charge in [-0.3, -0.25) is 0 Å². The van der Waals surface area contributed by atoms with Crippen LogP contribution in [0.3, 0.4) is 0 Å². The van der Waals surface area contributed by atoms with Crippen LogP contribution in [-0.2, 0) is 10.8 Å². The summed E-state index contributed by atoms with van der Waals surface area (Å²) in [6.45, 7) is 4.19. The average Bonchev–Trinajstić information content (AvgIpc) is 2.40. The highest BCUT2D eigenvalue weighted by Gasteiger charge is 2.14. The minimum Gasteiger partial charge on any atom is -0.423 e. The van der Waals surface area contributed by atoms with Crippen LogP contribution in [0, 0.1) is 17.5 Å². The number of benzene rings is 1. The van der Waals surface area contributed by atoms with E-state index >= 15 is 0 Å². The lowest BCUT2D eigenvalue weighted by Gasteiger charge is -2.23. The molecule has 0 fully saturated rings. The summed E-state index contributed by atoms with van der Waals surface area (Å²) < 4.78 is 45.1. The van der Waals surface area contributed by atoms with Crippen LogP contribution in [0.5, 0.6) is 0 Å². The van der Waals surface area contributed by atoms with Crippen molar-refractivity contribution < 1.29 is 17.6 Å². The van der Waals surface area contributed by atoms with E-state index in [0.29, 0.717) is 6.42 Å². The van der Waals surface area contributed by atoms with Crippen LogP contribution in [0.1, 0.15) is 57.9 Å². The second kappa shape index (κ2) is 8.59. The van der Waals surface area contributed by atoms with Crippen LogP contribution in [0.25, 0.3) is 0 Å². The molecule has 1 rings (SSSR count). The van der Waals surface area contributed by atoms with Gasteiger partial charge in [-0.05, 0) is 33.1 Å². The van der Waals surface area contributed by atoms with E-state index < -0.39 is 17.5 Å². The Balaban J connectivity index is 2.21. The van der Waals surface area contributed by atoms with Gasteiger partial charge in [0.15, 0.2) is 0 Å². The summed E-state index contributed by atoms with van der Waals surface area (Å²) in [5.74, 6) is -2.42. The summed E-state index contributed by atoms with van der Waals surface area (Å²) in [5, 5.41) is 0. The molecule has 0 aliphatic heterocycles. The maximum atomic E-state index is 13.4. The predicted molar refractivity (Wildman–Crippen MR) is 82.8 cm³/mol. The Morgan fingerprint density at radius 1 is 0.952 bits per heavy atom. The van der Waals surface area contributed by atoms with Gasteiger partial charge in [-0.25, -0.2) is 13.2 Å². The zero-order chi connectivity index (χ0) is 15.9. The summed E-state index contributed by atoms with van der Waals surface area (Å²) in [5.41, 5.74) is -0.0195. The fourth-order valence-corrected chi connectivity index (χ4v) is 2.50.